The molecule has 0 aromatic carbocycles. The topological polar surface area (TPSA) is 45.4 Å². The van der Waals surface area contributed by atoms with Crippen LogP contribution in [0.25, 0.3) is 0 Å². The molecule has 0 amide bonds. The fraction of sp³-hybridized carbons (Fsp3) is 0.667. The first-order valence-corrected chi connectivity index (χ1v) is 5.58. The molecule has 2 rings (SSSR count). The van der Waals surface area contributed by atoms with Crippen molar-refractivity contribution in [1.82, 2.24) is 5.32 Å². The Kier molecular flexibility index (Phi) is 2.85. The zero-order chi connectivity index (χ0) is 10.9. The van der Waals surface area contributed by atoms with E-state index in [0.29, 0.717) is 12.3 Å². The lowest BCUT2D eigenvalue weighted by atomic mass is 10.0. The van der Waals surface area contributed by atoms with E-state index in [1.54, 1.807) is 6.92 Å². The quantitative estimate of drug-likeness (QED) is 0.777. The molecule has 1 saturated carbocycles. The summed E-state index contributed by atoms with van der Waals surface area (Å²) in [6.07, 6.45) is 2.66. The first-order chi connectivity index (χ1) is 7.08. The van der Waals surface area contributed by atoms with Crippen LogP contribution in [-0.4, -0.2) is 18.2 Å². The van der Waals surface area contributed by atoms with Gasteiger partial charge in [-0.2, -0.15) is 0 Å². The third kappa shape index (κ3) is 2.83. The molecule has 2 N–H and O–H groups in total. The molecule has 1 aromatic rings. The second-order valence-corrected chi connectivity index (χ2v) is 4.76. The summed E-state index contributed by atoms with van der Waals surface area (Å²) in [6, 6.07) is 3.72. The summed E-state index contributed by atoms with van der Waals surface area (Å²) in [5.74, 6) is 2.31. The van der Waals surface area contributed by atoms with E-state index in [0.717, 1.165) is 18.2 Å². The van der Waals surface area contributed by atoms with Crippen molar-refractivity contribution in [3.8, 4) is 0 Å². The second kappa shape index (κ2) is 3.99. The number of rotatable bonds is 5. The van der Waals surface area contributed by atoms with Crippen LogP contribution in [0.15, 0.2) is 16.5 Å². The molecule has 1 heterocycles. The van der Waals surface area contributed by atoms with E-state index in [-0.39, 0.29) is 0 Å². The summed E-state index contributed by atoms with van der Waals surface area (Å²) in [5.41, 5.74) is -0.900. The van der Waals surface area contributed by atoms with Crippen molar-refractivity contribution in [3.63, 3.8) is 0 Å². The van der Waals surface area contributed by atoms with Gasteiger partial charge >= 0.3 is 0 Å². The van der Waals surface area contributed by atoms with Crippen molar-refractivity contribution in [1.29, 1.82) is 0 Å². The van der Waals surface area contributed by atoms with Gasteiger partial charge in [0.25, 0.3) is 0 Å². The highest BCUT2D eigenvalue weighted by Gasteiger charge is 2.28. The average Bonchev–Trinajstić information content (AvgIpc) is 2.86. The highest BCUT2D eigenvalue weighted by Crippen LogP contribution is 2.28. The van der Waals surface area contributed by atoms with Crippen LogP contribution in [0.2, 0.25) is 0 Å². The summed E-state index contributed by atoms with van der Waals surface area (Å²) in [4.78, 5) is 0. The number of nitrogens with one attached hydrogen (secondary N) is 1. The Morgan fingerprint density at radius 1 is 1.53 bits per heavy atom. The van der Waals surface area contributed by atoms with Crippen molar-refractivity contribution >= 4 is 0 Å². The molecule has 3 heteroatoms. The minimum atomic E-state index is -0.900. The number of furan rings is 1. The molecular formula is C12H19NO2. The molecule has 84 valence electrons. The highest BCUT2D eigenvalue weighted by atomic mass is 16.4. The number of aryl methyl sites for hydroxylation is 1. The zero-order valence-electron chi connectivity index (χ0n) is 9.42. The SMILES string of the molecule is Cc1ccc(C(C)(O)CNCC2CC2)o1. The predicted octanol–water partition coefficient (Wildman–Crippen LogP) is 1.80. The van der Waals surface area contributed by atoms with Gasteiger partial charge in [0, 0.05) is 6.54 Å². The molecule has 1 aliphatic carbocycles. The van der Waals surface area contributed by atoms with Gasteiger partial charge in [0.2, 0.25) is 0 Å². The van der Waals surface area contributed by atoms with Crippen molar-refractivity contribution in [3.05, 3.63) is 23.7 Å². The molecule has 15 heavy (non-hydrogen) atoms. The summed E-state index contributed by atoms with van der Waals surface area (Å²) in [7, 11) is 0. The smallest absolute Gasteiger partial charge is 0.136 e. The molecule has 1 unspecified atom stereocenters. The molecular weight excluding hydrogens is 190 g/mol. The van der Waals surface area contributed by atoms with Crippen LogP contribution in [0.3, 0.4) is 0 Å². The molecule has 0 bridgehead atoms. The number of hydrogen-bond acceptors (Lipinski definition) is 3. The molecule has 3 nitrogen and oxygen atoms in total. The molecule has 0 aliphatic heterocycles. The van der Waals surface area contributed by atoms with Crippen molar-refractivity contribution in [2.75, 3.05) is 13.1 Å². The van der Waals surface area contributed by atoms with Gasteiger partial charge in [-0.25, -0.2) is 0 Å². The standard InChI is InChI=1S/C12H19NO2/c1-9-3-6-11(15-9)12(2,14)8-13-7-10-4-5-10/h3,6,10,13-14H,4-5,7-8H2,1-2H3. The Morgan fingerprint density at radius 3 is 2.80 bits per heavy atom. The summed E-state index contributed by atoms with van der Waals surface area (Å²) < 4.78 is 5.43. The van der Waals surface area contributed by atoms with Crippen molar-refractivity contribution < 1.29 is 9.52 Å². The summed E-state index contributed by atoms with van der Waals surface area (Å²) >= 11 is 0. The largest absolute Gasteiger partial charge is 0.463 e. The Hall–Kier alpha value is -0.800. The highest BCUT2D eigenvalue weighted by molar-refractivity contribution is 5.12. The van der Waals surface area contributed by atoms with E-state index in [2.05, 4.69) is 5.32 Å². The van der Waals surface area contributed by atoms with Crippen LogP contribution in [0.5, 0.6) is 0 Å². The van der Waals surface area contributed by atoms with Gasteiger partial charge in [0.15, 0.2) is 0 Å². The molecule has 1 aromatic heterocycles. The Balaban J connectivity index is 1.86. The Bertz CT molecular complexity index is 326. The van der Waals surface area contributed by atoms with Crippen LogP contribution >= 0.6 is 0 Å². The third-order valence-electron chi connectivity index (χ3n) is 2.87. The van der Waals surface area contributed by atoms with E-state index in [9.17, 15) is 5.11 Å². The molecule has 1 aliphatic rings. The van der Waals surface area contributed by atoms with Gasteiger partial charge < -0.3 is 14.8 Å². The number of hydrogen-bond donors (Lipinski definition) is 2. The third-order valence-corrected chi connectivity index (χ3v) is 2.87. The van der Waals surface area contributed by atoms with E-state index < -0.39 is 5.60 Å². The van der Waals surface area contributed by atoms with Crippen molar-refractivity contribution in [2.45, 2.75) is 32.3 Å². The molecule has 0 saturated heterocycles. The number of aliphatic hydroxyl groups is 1. The van der Waals surface area contributed by atoms with Crippen LogP contribution in [0, 0.1) is 12.8 Å². The van der Waals surface area contributed by atoms with Crippen LogP contribution in [0.1, 0.15) is 31.3 Å². The maximum atomic E-state index is 10.2. The monoisotopic (exact) mass is 209 g/mol. The second-order valence-electron chi connectivity index (χ2n) is 4.76. The van der Waals surface area contributed by atoms with Gasteiger partial charge in [-0.15, -0.1) is 0 Å². The maximum Gasteiger partial charge on any atom is 0.136 e. The van der Waals surface area contributed by atoms with Crippen LogP contribution < -0.4 is 5.32 Å². The summed E-state index contributed by atoms with van der Waals surface area (Å²) in [6.45, 7) is 5.23. The first kappa shape index (κ1) is 10.7. The Morgan fingerprint density at radius 2 is 2.27 bits per heavy atom. The van der Waals surface area contributed by atoms with Crippen LogP contribution in [0.4, 0.5) is 0 Å². The summed E-state index contributed by atoms with van der Waals surface area (Å²) in [5, 5.41) is 13.5. The lowest BCUT2D eigenvalue weighted by Crippen LogP contribution is -2.36. The predicted molar refractivity (Wildman–Crippen MR) is 58.6 cm³/mol. The molecule has 1 fully saturated rings. The van der Waals surface area contributed by atoms with Gasteiger partial charge in [-0.05, 0) is 51.3 Å². The molecule has 1 atom stereocenters. The van der Waals surface area contributed by atoms with Gasteiger partial charge in [0.05, 0.1) is 0 Å². The fourth-order valence-corrected chi connectivity index (χ4v) is 1.65. The fourth-order valence-electron chi connectivity index (χ4n) is 1.65. The lowest BCUT2D eigenvalue weighted by Gasteiger charge is -2.21. The van der Waals surface area contributed by atoms with Gasteiger partial charge in [-0.1, -0.05) is 0 Å². The zero-order valence-corrected chi connectivity index (χ0v) is 9.42. The normalized spacial score (nSPS) is 20.2. The lowest BCUT2D eigenvalue weighted by molar-refractivity contribution is 0.0335. The van der Waals surface area contributed by atoms with Crippen LogP contribution in [-0.2, 0) is 5.60 Å². The maximum absolute atomic E-state index is 10.2. The van der Waals surface area contributed by atoms with Gasteiger partial charge in [-0.3, -0.25) is 0 Å². The van der Waals surface area contributed by atoms with Crippen molar-refractivity contribution in [2.24, 2.45) is 5.92 Å². The van der Waals surface area contributed by atoms with E-state index in [1.807, 2.05) is 19.1 Å². The minimum Gasteiger partial charge on any atom is -0.463 e. The molecule has 0 radical (unpaired) electrons. The molecule has 0 spiro atoms. The minimum absolute atomic E-state index is 0.552. The van der Waals surface area contributed by atoms with E-state index >= 15 is 0 Å². The Labute approximate surface area is 90.5 Å². The van der Waals surface area contributed by atoms with Gasteiger partial charge in [0.1, 0.15) is 17.1 Å². The first-order valence-electron chi connectivity index (χ1n) is 5.58. The van der Waals surface area contributed by atoms with E-state index in [1.165, 1.54) is 12.8 Å². The van der Waals surface area contributed by atoms with E-state index in [4.69, 9.17) is 4.42 Å². The average molecular weight is 209 g/mol.